The second-order valence-corrected chi connectivity index (χ2v) is 5.98. The number of hydrogen-bond acceptors (Lipinski definition) is 3. The highest BCUT2D eigenvalue weighted by molar-refractivity contribution is 9.10. The molecule has 1 aliphatic rings. The molecular formula is C14H17BrN2O. The van der Waals surface area contributed by atoms with E-state index >= 15 is 0 Å². The zero-order chi connectivity index (χ0) is 13.2. The molecule has 1 N–H and O–H groups in total. The Balaban J connectivity index is 2.20. The first kappa shape index (κ1) is 13.4. The molecule has 1 aromatic carbocycles. The fourth-order valence-electron chi connectivity index (χ4n) is 2.63. The minimum atomic E-state index is -0.593. The number of anilines is 1. The van der Waals surface area contributed by atoms with Gasteiger partial charge in [-0.2, -0.15) is 5.26 Å². The third kappa shape index (κ3) is 2.85. The van der Waals surface area contributed by atoms with Crippen molar-refractivity contribution >= 4 is 21.6 Å². The molecule has 1 aliphatic carbocycles. The van der Waals surface area contributed by atoms with E-state index in [2.05, 4.69) is 22.0 Å². The highest BCUT2D eigenvalue weighted by Crippen LogP contribution is 2.32. The summed E-state index contributed by atoms with van der Waals surface area (Å²) in [6.07, 6.45) is 3.89. The number of nitrogens with zero attached hydrogens (tertiary/aromatic N) is 2. The summed E-state index contributed by atoms with van der Waals surface area (Å²) in [4.78, 5) is 1.98. The topological polar surface area (TPSA) is 47.3 Å². The van der Waals surface area contributed by atoms with Gasteiger partial charge in [0.05, 0.1) is 16.9 Å². The molecule has 1 aromatic rings. The zero-order valence-electron chi connectivity index (χ0n) is 10.5. The highest BCUT2D eigenvalue weighted by atomic mass is 79.9. The third-order valence-electron chi connectivity index (χ3n) is 3.56. The van der Waals surface area contributed by atoms with Crippen molar-refractivity contribution in [2.24, 2.45) is 0 Å². The first-order valence-corrected chi connectivity index (χ1v) is 6.96. The Labute approximate surface area is 116 Å². The maximum absolute atomic E-state index is 10.4. The van der Waals surface area contributed by atoms with Crippen LogP contribution in [-0.4, -0.2) is 24.3 Å². The van der Waals surface area contributed by atoms with E-state index in [0.29, 0.717) is 12.1 Å². The van der Waals surface area contributed by atoms with Crippen molar-refractivity contribution < 1.29 is 5.11 Å². The van der Waals surface area contributed by atoms with Gasteiger partial charge in [-0.25, -0.2) is 0 Å². The summed E-state index contributed by atoms with van der Waals surface area (Å²) in [5, 5.41) is 19.5. The molecule has 0 bridgehead atoms. The average molecular weight is 309 g/mol. The fraction of sp³-hybridized carbons (Fsp3) is 0.500. The zero-order valence-corrected chi connectivity index (χ0v) is 12.1. The van der Waals surface area contributed by atoms with Crippen LogP contribution >= 0.6 is 15.9 Å². The molecule has 0 spiro atoms. The molecule has 0 amide bonds. The average Bonchev–Trinajstić information content (AvgIpc) is 2.75. The minimum Gasteiger partial charge on any atom is -0.388 e. The van der Waals surface area contributed by atoms with E-state index < -0.39 is 5.60 Å². The number of aliphatic hydroxyl groups is 1. The van der Waals surface area contributed by atoms with E-state index in [1.54, 1.807) is 6.07 Å². The lowest BCUT2D eigenvalue weighted by molar-refractivity contribution is 0.0559. The standard InChI is InChI=1S/C14H17BrN2O/c1-17(10-14(18)6-2-3-7-14)13-8-12(15)5-4-11(13)9-16/h4-5,8,18H,2-3,6-7,10H2,1H3. The molecule has 0 atom stereocenters. The third-order valence-corrected chi connectivity index (χ3v) is 4.05. The number of rotatable bonds is 3. The molecule has 18 heavy (non-hydrogen) atoms. The molecule has 0 aliphatic heterocycles. The first-order valence-electron chi connectivity index (χ1n) is 6.17. The molecule has 0 heterocycles. The Hall–Kier alpha value is -1.05. The molecule has 0 aromatic heterocycles. The van der Waals surface area contributed by atoms with Crippen LogP contribution in [0.15, 0.2) is 22.7 Å². The van der Waals surface area contributed by atoms with Gasteiger partial charge in [0.25, 0.3) is 0 Å². The molecule has 0 unspecified atom stereocenters. The second-order valence-electron chi connectivity index (χ2n) is 5.06. The lowest BCUT2D eigenvalue weighted by Gasteiger charge is -2.30. The van der Waals surface area contributed by atoms with Crippen molar-refractivity contribution in [1.82, 2.24) is 0 Å². The normalized spacial score (nSPS) is 17.4. The van der Waals surface area contributed by atoms with E-state index in [9.17, 15) is 5.11 Å². The Kier molecular flexibility index (Phi) is 3.94. The summed E-state index contributed by atoms with van der Waals surface area (Å²) in [6.45, 7) is 0.581. The number of halogens is 1. The molecule has 1 fully saturated rings. The Morgan fingerprint density at radius 1 is 1.44 bits per heavy atom. The van der Waals surface area contributed by atoms with E-state index in [4.69, 9.17) is 5.26 Å². The van der Waals surface area contributed by atoms with Crippen LogP contribution < -0.4 is 4.90 Å². The van der Waals surface area contributed by atoms with Crippen molar-refractivity contribution in [3.05, 3.63) is 28.2 Å². The van der Waals surface area contributed by atoms with Crippen LogP contribution in [0.1, 0.15) is 31.2 Å². The summed E-state index contributed by atoms with van der Waals surface area (Å²) in [5.74, 6) is 0. The van der Waals surface area contributed by atoms with Crippen LogP contribution in [-0.2, 0) is 0 Å². The van der Waals surface area contributed by atoms with Gasteiger partial charge < -0.3 is 10.0 Å². The van der Waals surface area contributed by atoms with Crippen LogP contribution in [0.2, 0.25) is 0 Å². The van der Waals surface area contributed by atoms with Crippen molar-refractivity contribution in [3.8, 4) is 6.07 Å². The maximum Gasteiger partial charge on any atom is 0.101 e. The van der Waals surface area contributed by atoms with Gasteiger partial charge in [-0.05, 0) is 31.0 Å². The van der Waals surface area contributed by atoms with Gasteiger partial charge in [-0.3, -0.25) is 0 Å². The van der Waals surface area contributed by atoms with E-state index in [1.807, 2.05) is 24.1 Å². The lowest BCUT2D eigenvalue weighted by Crippen LogP contribution is -2.39. The van der Waals surface area contributed by atoms with E-state index in [1.165, 1.54) is 0 Å². The summed E-state index contributed by atoms with van der Waals surface area (Å²) < 4.78 is 0.946. The number of benzene rings is 1. The van der Waals surface area contributed by atoms with Crippen molar-refractivity contribution in [3.63, 3.8) is 0 Å². The van der Waals surface area contributed by atoms with Crippen LogP contribution in [0, 0.1) is 11.3 Å². The van der Waals surface area contributed by atoms with Crippen molar-refractivity contribution in [2.75, 3.05) is 18.5 Å². The van der Waals surface area contributed by atoms with Crippen molar-refractivity contribution in [2.45, 2.75) is 31.3 Å². The van der Waals surface area contributed by atoms with Gasteiger partial charge in [0.15, 0.2) is 0 Å². The van der Waals surface area contributed by atoms with Gasteiger partial charge >= 0.3 is 0 Å². The van der Waals surface area contributed by atoms with Crippen LogP contribution in [0.3, 0.4) is 0 Å². The molecule has 2 rings (SSSR count). The first-order chi connectivity index (χ1) is 8.54. The second kappa shape index (κ2) is 5.29. The largest absolute Gasteiger partial charge is 0.388 e. The molecule has 0 radical (unpaired) electrons. The lowest BCUT2D eigenvalue weighted by atomic mass is 10.0. The monoisotopic (exact) mass is 308 g/mol. The number of nitriles is 1. The molecule has 3 nitrogen and oxygen atoms in total. The predicted molar refractivity (Wildman–Crippen MR) is 75.5 cm³/mol. The highest BCUT2D eigenvalue weighted by Gasteiger charge is 2.32. The Morgan fingerprint density at radius 3 is 2.72 bits per heavy atom. The summed E-state index contributed by atoms with van der Waals surface area (Å²) in [5.41, 5.74) is 0.915. The van der Waals surface area contributed by atoms with Crippen LogP contribution in [0.5, 0.6) is 0 Å². The fourth-order valence-corrected chi connectivity index (χ4v) is 2.98. The number of hydrogen-bond donors (Lipinski definition) is 1. The van der Waals surface area contributed by atoms with Crippen LogP contribution in [0.25, 0.3) is 0 Å². The SMILES string of the molecule is CN(CC1(O)CCCC1)c1cc(Br)ccc1C#N. The molecule has 4 heteroatoms. The summed E-state index contributed by atoms with van der Waals surface area (Å²) in [6, 6.07) is 7.79. The minimum absolute atomic E-state index is 0.581. The van der Waals surface area contributed by atoms with E-state index in [0.717, 1.165) is 35.8 Å². The van der Waals surface area contributed by atoms with Gasteiger partial charge in [0.1, 0.15) is 6.07 Å². The Bertz CT molecular complexity index is 475. The van der Waals surface area contributed by atoms with Crippen molar-refractivity contribution in [1.29, 1.82) is 5.26 Å². The maximum atomic E-state index is 10.4. The smallest absolute Gasteiger partial charge is 0.101 e. The van der Waals surface area contributed by atoms with Crippen LogP contribution in [0.4, 0.5) is 5.69 Å². The van der Waals surface area contributed by atoms with Gasteiger partial charge in [0, 0.05) is 18.1 Å². The molecular weight excluding hydrogens is 292 g/mol. The predicted octanol–water partition coefficient (Wildman–Crippen LogP) is 3.06. The number of likely N-dealkylation sites (N-methyl/N-ethyl adjacent to an activating group) is 1. The van der Waals surface area contributed by atoms with Gasteiger partial charge in [-0.1, -0.05) is 28.8 Å². The van der Waals surface area contributed by atoms with Gasteiger partial charge in [0.2, 0.25) is 0 Å². The summed E-state index contributed by atoms with van der Waals surface area (Å²) >= 11 is 3.42. The van der Waals surface area contributed by atoms with Gasteiger partial charge in [-0.15, -0.1) is 0 Å². The Morgan fingerprint density at radius 2 is 2.11 bits per heavy atom. The molecule has 1 saturated carbocycles. The van der Waals surface area contributed by atoms with E-state index in [-0.39, 0.29) is 0 Å². The summed E-state index contributed by atoms with van der Waals surface area (Å²) in [7, 11) is 1.93. The molecule has 0 saturated heterocycles. The quantitative estimate of drug-likeness (QED) is 0.933. The molecule has 96 valence electrons.